The molecule has 1 unspecified atom stereocenters. The Balaban J connectivity index is 2.02. The Hall–Kier alpha value is -1.93. The molecule has 2 aromatic rings. The smallest absolute Gasteiger partial charge is 0.196 e. The van der Waals surface area contributed by atoms with Crippen LogP contribution in [0.2, 0.25) is 0 Å². The van der Waals surface area contributed by atoms with E-state index in [1.807, 2.05) is 50.2 Å². The van der Waals surface area contributed by atoms with Gasteiger partial charge in [-0.15, -0.1) is 0 Å². The van der Waals surface area contributed by atoms with E-state index in [9.17, 15) is 4.79 Å². The molecule has 0 saturated carbocycles. The molecule has 0 saturated heterocycles. The summed E-state index contributed by atoms with van der Waals surface area (Å²) in [6.07, 6.45) is 0.424. The van der Waals surface area contributed by atoms with Crippen molar-refractivity contribution in [3.8, 4) is 0 Å². The quantitative estimate of drug-likeness (QED) is 0.773. The van der Waals surface area contributed by atoms with E-state index in [4.69, 9.17) is 4.74 Å². The molecule has 0 aromatic heterocycles. The maximum atomic E-state index is 12.8. The van der Waals surface area contributed by atoms with Gasteiger partial charge in [-0.2, -0.15) is 0 Å². The highest BCUT2D eigenvalue weighted by Crippen LogP contribution is 2.31. The summed E-state index contributed by atoms with van der Waals surface area (Å²) in [5, 5.41) is 0. The lowest BCUT2D eigenvalue weighted by Gasteiger charge is -2.25. The van der Waals surface area contributed by atoms with Gasteiger partial charge in [-0.05, 0) is 42.5 Å². The Labute approximate surface area is 119 Å². The second kappa shape index (κ2) is 5.22. The highest BCUT2D eigenvalue weighted by Gasteiger charge is 2.28. The topological polar surface area (TPSA) is 26.3 Å². The van der Waals surface area contributed by atoms with Crippen LogP contribution in [0, 0.1) is 13.8 Å². The first kappa shape index (κ1) is 13.1. The van der Waals surface area contributed by atoms with Crippen LogP contribution in [-0.4, -0.2) is 12.4 Å². The zero-order valence-electron chi connectivity index (χ0n) is 11.8. The summed E-state index contributed by atoms with van der Waals surface area (Å²) in [6.45, 7) is 4.64. The molecule has 1 atom stereocenters. The van der Waals surface area contributed by atoms with Crippen LogP contribution >= 0.6 is 0 Å². The Kier molecular flexibility index (Phi) is 3.41. The van der Waals surface area contributed by atoms with E-state index in [0.717, 1.165) is 28.7 Å². The van der Waals surface area contributed by atoms with E-state index in [1.54, 1.807) is 0 Å². The first-order chi connectivity index (χ1) is 9.68. The van der Waals surface area contributed by atoms with Crippen molar-refractivity contribution in [1.29, 1.82) is 0 Å². The number of rotatable bonds is 2. The van der Waals surface area contributed by atoms with Gasteiger partial charge in [-0.25, -0.2) is 0 Å². The molecule has 0 fully saturated rings. The Morgan fingerprint density at radius 1 is 1.10 bits per heavy atom. The molecule has 0 N–H and O–H groups in total. The maximum absolute atomic E-state index is 12.8. The second-order valence-corrected chi connectivity index (χ2v) is 5.31. The van der Waals surface area contributed by atoms with E-state index in [0.29, 0.717) is 6.61 Å². The molecule has 0 bridgehead atoms. The summed E-state index contributed by atoms with van der Waals surface area (Å²) < 4.78 is 5.77. The molecule has 20 heavy (non-hydrogen) atoms. The molecule has 3 rings (SSSR count). The highest BCUT2D eigenvalue weighted by molar-refractivity contribution is 6.01. The lowest BCUT2D eigenvalue weighted by atomic mass is 9.90. The van der Waals surface area contributed by atoms with Crippen LogP contribution in [0.5, 0.6) is 0 Å². The Morgan fingerprint density at radius 2 is 1.90 bits per heavy atom. The average Bonchev–Trinajstić information content (AvgIpc) is 2.49. The van der Waals surface area contributed by atoms with Crippen molar-refractivity contribution in [1.82, 2.24) is 0 Å². The molecule has 0 spiro atoms. The first-order valence-electron chi connectivity index (χ1n) is 6.98. The molecule has 0 radical (unpaired) electrons. The fourth-order valence-corrected chi connectivity index (χ4v) is 2.77. The molecular formula is C18H18O2. The third kappa shape index (κ3) is 2.16. The number of fused-ring (bicyclic) bond motifs is 1. The fraction of sp³-hybridized carbons (Fsp3) is 0.278. The Morgan fingerprint density at radius 3 is 2.75 bits per heavy atom. The van der Waals surface area contributed by atoms with Gasteiger partial charge in [0.15, 0.2) is 5.78 Å². The number of aryl methyl sites for hydroxylation is 1. The summed E-state index contributed by atoms with van der Waals surface area (Å²) in [7, 11) is 0. The summed E-state index contributed by atoms with van der Waals surface area (Å²) in [5.41, 5.74) is 5.20. The van der Waals surface area contributed by atoms with Crippen molar-refractivity contribution in [2.45, 2.75) is 26.4 Å². The van der Waals surface area contributed by atoms with Crippen LogP contribution in [0.1, 0.15) is 38.7 Å². The standard InChI is InChI=1S/C18H18O2/c1-12-6-5-9-15(13(12)2)17(19)18-16-8-4-3-7-14(16)10-11-20-18/h3-9,18H,10-11H2,1-2H3. The largest absolute Gasteiger partial charge is 0.365 e. The number of carbonyl (C=O) groups is 1. The van der Waals surface area contributed by atoms with Crippen molar-refractivity contribution in [3.63, 3.8) is 0 Å². The number of ether oxygens (including phenoxy) is 1. The van der Waals surface area contributed by atoms with E-state index in [2.05, 4.69) is 6.07 Å². The summed E-state index contributed by atoms with van der Waals surface area (Å²) in [4.78, 5) is 12.8. The highest BCUT2D eigenvalue weighted by atomic mass is 16.5. The van der Waals surface area contributed by atoms with Gasteiger partial charge >= 0.3 is 0 Å². The molecule has 1 aliphatic heterocycles. The van der Waals surface area contributed by atoms with E-state index >= 15 is 0 Å². The van der Waals surface area contributed by atoms with Gasteiger partial charge in [0.1, 0.15) is 6.10 Å². The predicted molar refractivity (Wildman–Crippen MR) is 79.1 cm³/mol. The van der Waals surface area contributed by atoms with E-state index in [-0.39, 0.29) is 5.78 Å². The predicted octanol–water partition coefficient (Wildman–Crippen LogP) is 3.80. The lowest BCUT2D eigenvalue weighted by Crippen LogP contribution is -2.24. The van der Waals surface area contributed by atoms with Crippen molar-refractivity contribution in [2.75, 3.05) is 6.61 Å². The van der Waals surface area contributed by atoms with Crippen LogP contribution in [0.25, 0.3) is 0 Å². The molecule has 1 aliphatic rings. The molecular weight excluding hydrogens is 248 g/mol. The van der Waals surface area contributed by atoms with Crippen molar-refractivity contribution in [2.24, 2.45) is 0 Å². The van der Waals surface area contributed by atoms with Crippen LogP contribution in [0.15, 0.2) is 42.5 Å². The molecule has 2 aromatic carbocycles. The van der Waals surface area contributed by atoms with E-state index < -0.39 is 6.10 Å². The van der Waals surface area contributed by atoms with Crippen molar-refractivity contribution < 1.29 is 9.53 Å². The van der Waals surface area contributed by atoms with Crippen LogP contribution in [-0.2, 0) is 11.2 Å². The number of hydrogen-bond acceptors (Lipinski definition) is 2. The number of Topliss-reactive ketones (excluding diaryl/α,β-unsaturated/α-hetero) is 1. The SMILES string of the molecule is Cc1cccc(C(=O)C2OCCc3ccccc32)c1C. The molecule has 2 nitrogen and oxygen atoms in total. The number of ketones is 1. The first-order valence-corrected chi connectivity index (χ1v) is 6.98. The monoisotopic (exact) mass is 266 g/mol. The number of carbonyl (C=O) groups excluding carboxylic acids is 1. The van der Waals surface area contributed by atoms with Gasteiger partial charge < -0.3 is 4.74 Å². The zero-order valence-corrected chi connectivity index (χ0v) is 11.8. The normalized spacial score (nSPS) is 17.6. The van der Waals surface area contributed by atoms with Gasteiger partial charge in [0.05, 0.1) is 6.61 Å². The minimum atomic E-state index is -0.458. The third-order valence-electron chi connectivity index (χ3n) is 4.10. The molecule has 0 aliphatic carbocycles. The van der Waals surface area contributed by atoms with E-state index in [1.165, 1.54) is 5.56 Å². The molecule has 0 amide bonds. The fourth-order valence-electron chi connectivity index (χ4n) is 2.77. The molecule has 102 valence electrons. The van der Waals surface area contributed by atoms with Crippen LogP contribution in [0.3, 0.4) is 0 Å². The third-order valence-corrected chi connectivity index (χ3v) is 4.10. The van der Waals surface area contributed by atoms with Gasteiger partial charge in [0.2, 0.25) is 0 Å². The minimum Gasteiger partial charge on any atom is -0.365 e. The second-order valence-electron chi connectivity index (χ2n) is 5.31. The number of benzene rings is 2. The van der Waals surface area contributed by atoms with Crippen molar-refractivity contribution >= 4 is 5.78 Å². The summed E-state index contributed by atoms with van der Waals surface area (Å²) >= 11 is 0. The summed E-state index contributed by atoms with van der Waals surface area (Å²) in [6, 6.07) is 13.9. The van der Waals surface area contributed by atoms with Gasteiger partial charge in [-0.1, -0.05) is 42.5 Å². The van der Waals surface area contributed by atoms with Gasteiger partial charge in [0, 0.05) is 5.56 Å². The summed E-state index contributed by atoms with van der Waals surface area (Å²) in [5.74, 6) is 0.0679. The zero-order chi connectivity index (χ0) is 14.1. The molecule has 1 heterocycles. The molecule has 2 heteroatoms. The minimum absolute atomic E-state index is 0.0679. The van der Waals surface area contributed by atoms with Gasteiger partial charge in [0.25, 0.3) is 0 Å². The van der Waals surface area contributed by atoms with Crippen LogP contribution in [0.4, 0.5) is 0 Å². The van der Waals surface area contributed by atoms with Gasteiger partial charge in [-0.3, -0.25) is 4.79 Å². The lowest BCUT2D eigenvalue weighted by molar-refractivity contribution is 0.0348. The maximum Gasteiger partial charge on any atom is 0.196 e. The number of hydrogen-bond donors (Lipinski definition) is 0. The average molecular weight is 266 g/mol. The van der Waals surface area contributed by atoms with Crippen molar-refractivity contribution in [3.05, 3.63) is 70.3 Å². The Bertz CT molecular complexity index is 658. The van der Waals surface area contributed by atoms with Crippen LogP contribution < -0.4 is 0 Å².